The summed E-state index contributed by atoms with van der Waals surface area (Å²) in [5, 5.41) is 3.50. The van der Waals surface area contributed by atoms with Crippen LogP contribution in [0.4, 0.5) is 0 Å². The second-order valence-corrected chi connectivity index (χ2v) is 7.92. The Morgan fingerprint density at radius 2 is 1.97 bits per heavy atom. The van der Waals surface area contributed by atoms with Crippen molar-refractivity contribution in [3.8, 4) is 5.75 Å². The molecule has 0 aromatic heterocycles. The Morgan fingerprint density at radius 3 is 2.62 bits per heavy atom. The number of hydrogen-bond acceptors (Lipinski definition) is 4. The first-order valence-corrected chi connectivity index (χ1v) is 10.7. The maximum absolute atomic E-state index is 5.45. The number of guanidine groups is 1. The number of likely N-dealkylation sites (tertiary alicyclic amines) is 1. The predicted molar refractivity (Wildman–Crippen MR) is 130 cm³/mol. The largest absolute Gasteiger partial charge is 0.497 e. The topological polar surface area (TPSA) is 49.3 Å². The lowest BCUT2D eigenvalue weighted by Gasteiger charge is -2.29. The lowest BCUT2D eigenvalue weighted by atomic mass is 9.98. The Morgan fingerprint density at radius 1 is 1.24 bits per heavy atom. The molecule has 0 radical (unpaired) electrons. The summed E-state index contributed by atoms with van der Waals surface area (Å²) in [6, 6.07) is 8.51. The predicted octanol–water partition coefficient (Wildman–Crippen LogP) is 3.04. The zero-order chi connectivity index (χ0) is 19.8. The number of halogens is 1. The van der Waals surface area contributed by atoms with E-state index in [0.29, 0.717) is 11.8 Å². The van der Waals surface area contributed by atoms with Gasteiger partial charge in [-0.3, -0.25) is 9.89 Å². The molecule has 2 aliphatic rings. The van der Waals surface area contributed by atoms with Crippen LogP contribution in [0.25, 0.3) is 0 Å². The van der Waals surface area contributed by atoms with Crippen LogP contribution in [-0.4, -0.2) is 81.9 Å². The highest BCUT2D eigenvalue weighted by molar-refractivity contribution is 14.0. The van der Waals surface area contributed by atoms with Crippen molar-refractivity contribution in [1.82, 2.24) is 15.1 Å². The van der Waals surface area contributed by atoms with Crippen molar-refractivity contribution in [3.05, 3.63) is 29.8 Å². The van der Waals surface area contributed by atoms with Gasteiger partial charge in [-0.15, -0.1) is 24.0 Å². The van der Waals surface area contributed by atoms with E-state index in [2.05, 4.69) is 53.2 Å². The van der Waals surface area contributed by atoms with Crippen molar-refractivity contribution < 1.29 is 9.47 Å². The van der Waals surface area contributed by atoms with E-state index in [9.17, 15) is 0 Å². The Balaban J connectivity index is 0.00000300. The molecule has 2 aliphatic heterocycles. The molecule has 2 heterocycles. The number of nitrogens with zero attached hydrogens (tertiary/aromatic N) is 3. The lowest BCUT2D eigenvalue weighted by Crippen LogP contribution is -2.41. The number of aliphatic imine (C=N–C) groups is 1. The van der Waals surface area contributed by atoms with Crippen LogP contribution in [0.5, 0.6) is 5.75 Å². The van der Waals surface area contributed by atoms with Crippen LogP contribution in [-0.2, 0) is 4.74 Å². The Hall–Kier alpha value is -1.06. The summed E-state index contributed by atoms with van der Waals surface area (Å²) >= 11 is 0. The molecule has 29 heavy (non-hydrogen) atoms. The molecule has 1 N–H and O–H groups in total. The summed E-state index contributed by atoms with van der Waals surface area (Å²) in [6.45, 7) is 13.2. The van der Waals surface area contributed by atoms with Gasteiger partial charge in [-0.1, -0.05) is 19.1 Å². The Labute approximate surface area is 193 Å². The van der Waals surface area contributed by atoms with Crippen molar-refractivity contribution in [2.24, 2.45) is 10.9 Å². The molecule has 1 aromatic rings. The summed E-state index contributed by atoms with van der Waals surface area (Å²) in [6.07, 6.45) is 1.17. The molecule has 0 bridgehead atoms. The standard InChI is InChI=1S/C22H36N4O2.HI/c1-4-23-22(24-15-18(2)16-25-11-13-28-14-12-25)26-10-9-20(17-26)19-5-7-21(27-3)8-6-19;/h5-8,18,20H,4,9-17H2,1-3H3,(H,23,24);1H. The van der Waals surface area contributed by atoms with Gasteiger partial charge in [-0.25, -0.2) is 0 Å². The molecule has 0 saturated carbocycles. The van der Waals surface area contributed by atoms with Gasteiger partial charge in [0, 0.05) is 51.7 Å². The third-order valence-electron chi connectivity index (χ3n) is 5.64. The first-order valence-electron chi connectivity index (χ1n) is 10.7. The van der Waals surface area contributed by atoms with E-state index in [1.165, 1.54) is 12.0 Å². The van der Waals surface area contributed by atoms with Gasteiger partial charge in [-0.2, -0.15) is 0 Å². The van der Waals surface area contributed by atoms with Crippen molar-refractivity contribution in [2.75, 3.05) is 66.1 Å². The minimum Gasteiger partial charge on any atom is -0.497 e. The highest BCUT2D eigenvalue weighted by Crippen LogP contribution is 2.28. The Bertz CT molecular complexity index is 620. The Kier molecular flexibility index (Phi) is 10.5. The van der Waals surface area contributed by atoms with Gasteiger partial charge < -0.3 is 19.7 Å². The normalized spacial score (nSPS) is 21.6. The first-order chi connectivity index (χ1) is 13.7. The fourth-order valence-corrected chi connectivity index (χ4v) is 4.05. The van der Waals surface area contributed by atoms with E-state index in [1.807, 2.05) is 0 Å². The van der Waals surface area contributed by atoms with E-state index in [0.717, 1.165) is 70.7 Å². The van der Waals surface area contributed by atoms with E-state index in [1.54, 1.807) is 7.11 Å². The van der Waals surface area contributed by atoms with Gasteiger partial charge in [0.15, 0.2) is 5.96 Å². The average molecular weight is 516 g/mol. The van der Waals surface area contributed by atoms with Gasteiger partial charge >= 0.3 is 0 Å². The van der Waals surface area contributed by atoms with E-state index in [4.69, 9.17) is 14.5 Å². The number of benzene rings is 1. The molecule has 0 aliphatic carbocycles. The molecule has 7 heteroatoms. The van der Waals surface area contributed by atoms with Crippen molar-refractivity contribution in [3.63, 3.8) is 0 Å². The van der Waals surface area contributed by atoms with Gasteiger partial charge in [-0.05, 0) is 37.0 Å². The molecule has 2 atom stereocenters. The zero-order valence-corrected chi connectivity index (χ0v) is 20.4. The highest BCUT2D eigenvalue weighted by Gasteiger charge is 2.26. The monoisotopic (exact) mass is 516 g/mol. The fraction of sp³-hybridized carbons (Fsp3) is 0.682. The summed E-state index contributed by atoms with van der Waals surface area (Å²) < 4.78 is 10.7. The maximum Gasteiger partial charge on any atom is 0.193 e. The van der Waals surface area contributed by atoms with E-state index in [-0.39, 0.29) is 24.0 Å². The van der Waals surface area contributed by atoms with E-state index >= 15 is 0 Å². The van der Waals surface area contributed by atoms with Crippen LogP contribution in [0.3, 0.4) is 0 Å². The van der Waals surface area contributed by atoms with Crippen LogP contribution >= 0.6 is 24.0 Å². The van der Waals surface area contributed by atoms with Crippen molar-refractivity contribution in [2.45, 2.75) is 26.2 Å². The van der Waals surface area contributed by atoms with Crippen molar-refractivity contribution in [1.29, 1.82) is 0 Å². The smallest absolute Gasteiger partial charge is 0.193 e. The van der Waals surface area contributed by atoms with Crippen molar-refractivity contribution >= 4 is 29.9 Å². The number of nitrogens with one attached hydrogen (secondary N) is 1. The third kappa shape index (κ3) is 7.29. The molecule has 164 valence electrons. The zero-order valence-electron chi connectivity index (χ0n) is 18.1. The molecular weight excluding hydrogens is 479 g/mol. The summed E-state index contributed by atoms with van der Waals surface area (Å²) in [5.41, 5.74) is 1.39. The fourth-order valence-electron chi connectivity index (χ4n) is 4.05. The van der Waals surface area contributed by atoms with Crippen LogP contribution in [0.1, 0.15) is 31.7 Å². The van der Waals surface area contributed by atoms with Crippen LogP contribution < -0.4 is 10.1 Å². The number of hydrogen-bond donors (Lipinski definition) is 1. The molecule has 2 unspecified atom stereocenters. The van der Waals surface area contributed by atoms with Gasteiger partial charge in [0.2, 0.25) is 0 Å². The molecule has 1 aromatic carbocycles. The summed E-state index contributed by atoms with van der Waals surface area (Å²) in [5.74, 6) is 3.09. The maximum atomic E-state index is 5.45. The summed E-state index contributed by atoms with van der Waals surface area (Å²) in [7, 11) is 1.71. The molecule has 6 nitrogen and oxygen atoms in total. The SMILES string of the molecule is CCNC(=NCC(C)CN1CCOCC1)N1CCC(c2ccc(OC)cc2)C1.I. The highest BCUT2D eigenvalue weighted by atomic mass is 127. The van der Waals surface area contributed by atoms with Gasteiger partial charge in [0.1, 0.15) is 5.75 Å². The molecule has 0 spiro atoms. The molecule has 3 rings (SSSR count). The molecule has 0 amide bonds. The second-order valence-electron chi connectivity index (χ2n) is 7.92. The van der Waals surface area contributed by atoms with Crippen LogP contribution in [0.2, 0.25) is 0 Å². The van der Waals surface area contributed by atoms with Gasteiger partial charge in [0.25, 0.3) is 0 Å². The summed E-state index contributed by atoms with van der Waals surface area (Å²) in [4.78, 5) is 9.88. The quantitative estimate of drug-likeness (QED) is 0.343. The van der Waals surface area contributed by atoms with Crippen LogP contribution in [0, 0.1) is 5.92 Å². The molecule has 2 saturated heterocycles. The number of methoxy groups -OCH3 is 1. The minimum atomic E-state index is 0. The molecular formula is C22H37IN4O2. The minimum absolute atomic E-state index is 0. The number of morpholine rings is 1. The van der Waals surface area contributed by atoms with Gasteiger partial charge in [0.05, 0.1) is 20.3 Å². The lowest BCUT2D eigenvalue weighted by molar-refractivity contribution is 0.0323. The number of rotatable bonds is 7. The van der Waals surface area contributed by atoms with E-state index < -0.39 is 0 Å². The van der Waals surface area contributed by atoms with Crippen LogP contribution in [0.15, 0.2) is 29.3 Å². The average Bonchev–Trinajstić information content (AvgIpc) is 3.22. The number of ether oxygens (including phenoxy) is 2. The first kappa shape index (κ1) is 24.2. The third-order valence-corrected chi connectivity index (χ3v) is 5.64. The molecule has 2 fully saturated rings. The second kappa shape index (κ2) is 12.6.